The molecule has 1 aliphatic rings. The Labute approximate surface area is 103 Å². The van der Waals surface area contributed by atoms with Crippen molar-refractivity contribution in [2.45, 2.75) is 25.8 Å². The molecule has 0 fully saturated rings. The Balaban J connectivity index is 2.08. The van der Waals surface area contributed by atoms with E-state index in [-0.39, 0.29) is 0 Å². The van der Waals surface area contributed by atoms with E-state index in [0.717, 1.165) is 37.7 Å². The third-order valence-corrected chi connectivity index (χ3v) is 3.25. The van der Waals surface area contributed by atoms with Crippen LogP contribution in [0.2, 0.25) is 0 Å². The van der Waals surface area contributed by atoms with E-state index in [1.807, 2.05) is 27.3 Å². The van der Waals surface area contributed by atoms with Crippen molar-refractivity contribution in [1.29, 1.82) is 0 Å². The molecular formula is C13H22N4. The van der Waals surface area contributed by atoms with E-state index in [1.54, 1.807) is 0 Å². The number of nitrogens with one attached hydrogen (secondary N) is 1. The van der Waals surface area contributed by atoms with Crippen LogP contribution in [-0.2, 0) is 19.4 Å². The molecule has 2 rings (SSSR count). The second-order valence-corrected chi connectivity index (χ2v) is 5.16. The predicted molar refractivity (Wildman–Crippen MR) is 68.9 cm³/mol. The van der Waals surface area contributed by atoms with E-state index in [1.165, 1.54) is 17.7 Å². The van der Waals surface area contributed by atoms with E-state index in [9.17, 15) is 0 Å². The number of aryl methyl sites for hydroxylation is 1. The van der Waals surface area contributed by atoms with Gasteiger partial charge in [-0.15, -0.1) is 0 Å². The van der Waals surface area contributed by atoms with Gasteiger partial charge in [-0.1, -0.05) is 0 Å². The number of hydrogen-bond donors (Lipinski definition) is 1. The van der Waals surface area contributed by atoms with Crippen molar-refractivity contribution in [2.75, 3.05) is 27.7 Å². The molecule has 0 spiro atoms. The van der Waals surface area contributed by atoms with Gasteiger partial charge in [-0.25, -0.2) is 9.97 Å². The lowest BCUT2D eigenvalue weighted by Crippen LogP contribution is -2.26. The fourth-order valence-electron chi connectivity index (χ4n) is 2.45. The van der Waals surface area contributed by atoms with Crippen molar-refractivity contribution >= 4 is 0 Å². The van der Waals surface area contributed by atoms with Crippen molar-refractivity contribution in [1.82, 2.24) is 20.2 Å². The monoisotopic (exact) mass is 234 g/mol. The third-order valence-electron chi connectivity index (χ3n) is 3.25. The van der Waals surface area contributed by atoms with Gasteiger partial charge < -0.3 is 10.2 Å². The van der Waals surface area contributed by atoms with Crippen LogP contribution in [-0.4, -0.2) is 42.6 Å². The second-order valence-electron chi connectivity index (χ2n) is 5.16. The standard InChI is InChI=1S/C13H22N4/c1-14-7-10-4-5-12-11(6-10)8-15-13(16-12)9-17(2)3/h8,10,14H,4-7,9H2,1-3H3. The summed E-state index contributed by atoms with van der Waals surface area (Å²) < 4.78 is 0. The van der Waals surface area contributed by atoms with E-state index in [0.29, 0.717) is 0 Å². The molecule has 1 N–H and O–H groups in total. The van der Waals surface area contributed by atoms with E-state index in [2.05, 4.69) is 20.2 Å². The molecule has 1 heterocycles. The largest absolute Gasteiger partial charge is 0.319 e. The minimum absolute atomic E-state index is 0.746. The van der Waals surface area contributed by atoms with Gasteiger partial charge in [0.25, 0.3) is 0 Å². The number of nitrogens with zero attached hydrogens (tertiary/aromatic N) is 3. The molecule has 17 heavy (non-hydrogen) atoms. The van der Waals surface area contributed by atoms with Crippen LogP contribution in [0.3, 0.4) is 0 Å². The molecule has 0 saturated carbocycles. The Morgan fingerprint density at radius 2 is 2.29 bits per heavy atom. The quantitative estimate of drug-likeness (QED) is 0.839. The molecule has 1 aromatic heterocycles. The van der Waals surface area contributed by atoms with Gasteiger partial charge in [-0.2, -0.15) is 0 Å². The lowest BCUT2D eigenvalue weighted by atomic mass is 9.87. The minimum atomic E-state index is 0.746. The Kier molecular flexibility index (Phi) is 4.07. The van der Waals surface area contributed by atoms with Crippen molar-refractivity contribution in [2.24, 2.45) is 5.92 Å². The van der Waals surface area contributed by atoms with Crippen molar-refractivity contribution in [3.63, 3.8) is 0 Å². The van der Waals surface area contributed by atoms with Gasteiger partial charge in [-0.3, -0.25) is 0 Å². The molecule has 94 valence electrons. The lowest BCUT2D eigenvalue weighted by molar-refractivity contribution is 0.385. The highest BCUT2D eigenvalue weighted by atomic mass is 15.1. The number of fused-ring (bicyclic) bond motifs is 1. The van der Waals surface area contributed by atoms with Crippen LogP contribution in [0, 0.1) is 5.92 Å². The molecular weight excluding hydrogens is 212 g/mol. The van der Waals surface area contributed by atoms with Crippen molar-refractivity contribution in [3.05, 3.63) is 23.3 Å². The van der Waals surface area contributed by atoms with Gasteiger partial charge >= 0.3 is 0 Å². The fourth-order valence-corrected chi connectivity index (χ4v) is 2.45. The first-order chi connectivity index (χ1) is 8.19. The zero-order chi connectivity index (χ0) is 12.3. The van der Waals surface area contributed by atoms with Crippen LogP contribution in [0.1, 0.15) is 23.5 Å². The van der Waals surface area contributed by atoms with E-state index >= 15 is 0 Å². The molecule has 0 saturated heterocycles. The smallest absolute Gasteiger partial charge is 0.142 e. The Hall–Kier alpha value is -1.00. The molecule has 1 aliphatic carbocycles. The van der Waals surface area contributed by atoms with Crippen molar-refractivity contribution in [3.8, 4) is 0 Å². The summed E-state index contributed by atoms with van der Waals surface area (Å²) in [6.45, 7) is 1.92. The molecule has 4 nitrogen and oxygen atoms in total. The van der Waals surface area contributed by atoms with Crippen LogP contribution >= 0.6 is 0 Å². The summed E-state index contributed by atoms with van der Waals surface area (Å²) in [6, 6.07) is 0. The average Bonchev–Trinajstić information content (AvgIpc) is 2.29. The predicted octanol–water partition coefficient (Wildman–Crippen LogP) is 0.863. The van der Waals surface area contributed by atoms with Crippen LogP contribution in [0.5, 0.6) is 0 Å². The van der Waals surface area contributed by atoms with Gasteiger partial charge in [0.2, 0.25) is 0 Å². The Morgan fingerprint density at radius 1 is 1.47 bits per heavy atom. The summed E-state index contributed by atoms with van der Waals surface area (Å²) in [5, 5.41) is 3.26. The van der Waals surface area contributed by atoms with Gasteiger partial charge in [0.15, 0.2) is 0 Å². The average molecular weight is 234 g/mol. The summed E-state index contributed by atoms with van der Waals surface area (Å²) in [6.07, 6.45) is 5.50. The van der Waals surface area contributed by atoms with Gasteiger partial charge in [0.1, 0.15) is 5.82 Å². The maximum absolute atomic E-state index is 4.67. The van der Waals surface area contributed by atoms with Crippen LogP contribution in [0.15, 0.2) is 6.20 Å². The summed E-state index contributed by atoms with van der Waals surface area (Å²) >= 11 is 0. The molecule has 0 aliphatic heterocycles. The molecule has 0 amide bonds. The Morgan fingerprint density at radius 3 is 3.00 bits per heavy atom. The van der Waals surface area contributed by atoms with E-state index < -0.39 is 0 Å². The minimum Gasteiger partial charge on any atom is -0.319 e. The Bertz CT molecular complexity index is 376. The molecule has 0 bridgehead atoms. The molecule has 1 atom stereocenters. The first-order valence-corrected chi connectivity index (χ1v) is 6.32. The highest BCUT2D eigenvalue weighted by molar-refractivity contribution is 5.21. The highest BCUT2D eigenvalue weighted by Crippen LogP contribution is 2.23. The number of hydrogen-bond acceptors (Lipinski definition) is 4. The third kappa shape index (κ3) is 3.23. The first kappa shape index (κ1) is 12.5. The molecule has 1 aromatic rings. The molecule has 4 heteroatoms. The normalized spacial score (nSPS) is 19.4. The number of aromatic nitrogens is 2. The summed E-state index contributed by atoms with van der Waals surface area (Å²) in [5.74, 6) is 1.69. The topological polar surface area (TPSA) is 41.1 Å². The van der Waals surface area contributed by atoms with Gasteiger partial charge in [0, 0.05) is 11.9 Å². The zero-order valence-corrected chi connectivity index (χ0v) is 11.0. The van der Waals surface area contributed by atoms with Crippen LogP contribution in [0.25, 0.3) is 0 Å². The lowest BCUT2D eigenvalue weighted by Gasteiger charge is -2.23. The van der Waals surface area contributed by atoms with Crippen molar-refractivity contribution < 1.29 is 0 Å². The van der Waals surface area contributed by atoms with Crippen LogP contribution < -0.4 is 5.32 Å². The zero-order valence-electron chi connectivity index (χ0n) is 11.0. The molecule has 0 radical (unpaired) electrons. The highest BCUT2D eigenvalue weighted by Gasteiger charge is 2.19. The summed E-state index contributed by atoms with van der Waals surface area (Å²) in [5.41, 5.74) is 2.61. The first-order valence-electron chi connectivity index (χ1n) is 6.32. The summed E-state index contributed by atoms with van der Waals surface area (Å²) in [7, 11) is 6.11. The molecule has 1 unspecified atom stereocenters. The maximum atomic E-state index is 4.67. The second kappa shape index (κ2) is 5.56. The molecule has 0 aromatic carbocycles. The van der Waals surface area contributed by atoms with Gasteiger partial charge in [-0.05, 0) is 58.4 Å². The SMILES string of the molecule is CNCC1CCc2nc(CN(C)C)ncc2C1. The maximum Gasteiger partial charge on any atom is 0.142 e. The van der Waals surface area contributed by atoms with Crippen LogP contribution in [0.4, 0.5) is 0 Å². The number of rotatable bonds is 4. The van der Waals surface area contributed by atoms with Gasteiger partial charge in [0.05, 0.1) is 6.54 Å². The fraction of sp³-hybridized carbons (Fsp3) is 0.692. The summed E-state index contributed by atoms with van der Waals surface area (Å²) in [4.78, 5) is 11.2. The van der Waals surface area contributed by atoms with E-state index in [4.69, 9.17) is 0 Å².